The first-order valence-electron chi connectivity index (χ1n) is 5.67. The molecule has 2 rings (SSSR count). The molecule has 0 aliphatic carbocycles. The Morgan fingerprint density at radius 2 is 2.29 bits per heavy atom. The number of aromatic nitrogens is 1. The van der Waals surface area contributed by atoms with E-state index in [1.54, 1.807) is 6.26 Å². The van der Waals surface area contributed by atoms with Crippen molar-refractivity contribution in [2.75, 3.05) is 6.54 Å². The zero-order valence-corrected chi connectivity index (χ0v) is 11.3. The first kappa shape index (κ1) is 12.3. The number of hydrogen-bond donors (Lipinski definition) is 1. The van der Waals surface area contributed by atoms with Crippen LogP contribution >= 0.6 is 15.9 Å². The molecule has 0 saturated heterocycles. The Morgan fingerprint density at radius 1 is 1.41 bits per heavy atom. The molecule has 3 nitrogen and oxygen atoms in total. The molecule has 2 heterocycles. The van der Waals surface area contributed by atoms with Gasteiger partial charge in [0, 0.05) is 18.3 Å². The van der Waals surface area contributed by atoms with Crippen LogP contribution in [0.15, 0.2) is 45.6 Å². The predicted octanol–water partition coefficient (Wildman–Crippen LogP) is 3.33. The number of halogens is 1. The Kier molecular flexibility index (Phi) is 4.34. The molecule has 1 N–H and O–H groups in total. The van der Waals surface area contributed by atoms with Crippen LogP contribution in [0.25, 0.3) is 0 Å². The molecule has 2 aromatic rings. The number of pyridine rings is 1. The molecule has 1 atom stereocenters. The summed E-state index contributed by atoms with van der Waals surface area (Å²) in [7, 11) is 0. The van der Waals surface area contributed by atoms with Crippen molar-refractivity contribution in [1.29, 1.82) is 0 Å². The number of likely N-dealkylation sites (N-methyl/N-ethyl adjacent to an activating group) is 1. The lowest BCUT2D eigenvalue weighted by Gasteiger charge is -2.15. The van der Waals surface area contributed by atoms with Crippen molar-refractivity contribution in [2.24, 2.45) is 0 Å². The molecular formula is C13H15BrN2O. The topological polar surface area (TPSA) is 38.1 Å². The SMILES string of the molecule is CCNC(Cc1ccccn1)c1occc1Br. The van der Waals surface area contributed by atoms with E-state index in [0.29, 0.717) is 0 Å². The molecule has 2 aromatic heterocycles. The highest BCUT2D eigenvalue weighted by Gasteiger charge is 2.17. The average Bonchev–Trinajstić information content (AvgIpc) is 2.76. The second-order valence-corrected chi connectivity index (χ2v) is 4.62. The Morgan fingerprint density at radius 3 is 2.88 bits per heavy atom. The van der Waals surface area contributed by atoms with Gasteiger partial charge in [0.15, 0.2) is 0 Å². The molecule has 0 radical (unpaired) electrons. The molecular weight excluding hydrogens is 280 g/mol. The smallest absolute Gasteiger partial charge is 0.135 e. The summed E-state index contributed by atoms with van der Waals surface area (Å²) in [4.78, 5) is 4.34. The van der Waals surface area contributed by atoms with Crippen molar-refractivity contribution < 1.29 is 4.42 Å². The summed E-state index contributed by atoms with van der Waals surface area (Å²) in [6.45, 7) is 2.98. The molecule has 0 aliphatic heterocycles. The maximum Gasteiger partial charge on any atom is 0.135 e. The number of furan rings is 1. The first-order chi connectivity index (χ1) is 8.31. The highest BCUT2D eigenvalue weighted by Crippen LogP contribution is 2.26. The van der Waals surface area contributed by atoms with Gasteiger partial charge in [-0.3, -0.25) is 4.98 Å². The number of nitrogens with one attached hydrogen (secondary N) is 1. The van der Waals surface area contributed by atoms with Crippen molar-refractivity contribution in [1.82, 2.24) is 10.3 Å². The molecule has 1 unspecified atom stereocenters. The Balaban J connectivity index is 2.16. The zero-order valence-electron chi connectivity index (χ0n) is 9.69. The van der Waals surface area contributed by atoms with E-state index in [1.165, 1.54) is 0 Å². The fraction of sp³-hybridized carbons (Fsp3) is 0.308. The van der Waals surface area contributed by atoms with Crippen LogP contribution in [-0.2, 0) is 6.42 Å². The van der Waals surface area contributed by atoms with Gasteiger partial charge in [0.1, 0.15) is 5.76 Å². The maximum atomic E-state index is 5.51. The summed E-state index contributed by atoms with van der Waals surface area (Å²) >= 11 is 3.50. The lowest BCUT2D eigenvalue weighted by atomic mass is 10.1. The van der Waals surface area contributed by atoms with Gasteiger partial charge in [-0.25, -0.2) is 0 Å². The largest absolute Gasteiger partial charge is 0.466 e. The van der Waals surface area contributed by atoms with Gasteiger partial charge >= 0.3 is 0 Å². The van der Waals surface area contributed by atoms with E-state index in [-0.39, 0.29) is 6.04 Å². The van der Waals surface area contributed by atoms with Crippen molar-refractivity contribution in [2.45, 2.75) is 19.4 Å². The van der Waals surface area contributed by atoms with Crippen LogP contribution in [0.5, 0.6) is 0 Å². The minimum absolute atomic E-state index is 0.152. The van der Waals surface area contributed by atoms with Crippen molar-refractivity contribution in [3.8, 4) is 0 Å². The fourth-order valence-corrected chi connectivity index (χ4v) is 2.26. The predicted molar refractivity (Wildman–Crippen MR) is 70.8 cm³/mol. The van der Waals surface area contributed by atoms with Crippen LogP contribution in [0.3, 0.4) is 0 Å². The molecule has 0 bridgehead atoms. The fourth-order valence-electron chi connectivity index (χ4n) is 1.79. The van der Waals surface area contributed by atoms with Gasteiger partial charge in [0.25, 0.3) is 0 Å². The zero-order chi connectivity index (χ0) is 12.1. The normalized spacial score (nSPS) is 12.6. The summed E-state index contributed by atoms with van der Waals surface area (Å²) in [5.74, 6) is 0.928. The second kappa shape index (κ2) is 5.98. The molecule has 4 heteroatoms. The summed E-state index contributed by atoms with van der Waals surface area (Å²) in [5.41, 5.74) is 1.06. The van der Waals surface area contributed by atoms with Gasteiger partial charge in [-0.1, -0.05) is 13.0 Å². The van der Waals surface area contributed by atoms with E-state index in [4.69, 9.17) is 4.42 Å². The quantitative estimate of drug-likeness (QED) is 0.919. The van der Waals surface area contributed by atoms with Crippen LogP contribution in [0.4, 0.5) is 0 Å². The van der Waals surface area contributed by atoms with Gasteiger partial charge in [-0.15, -0.1) is 0 Å². The van der Waals surface area contributed by atoms with E-state index in [9.17, 15) is 0 Å². The summed E-state index contributed by atoms with van der Waals surface area (Å²) in [6.07, 6.45) is 4.33. The lowest BCUT2D eigenvalue weighted by Crippen LogP contribution is -2.23. The minimum atomic E-state index is 0.152. The molecule has 0 amide bonds. The van der Waals surface area contributed by atoms with Gasteiger partial charge in [-0.05, 0) is 40.7 Å². The van der Waals surface area contributed by atoms with E-state index >= 15 is 0 Å². The monoisotopic (exact) mass is 294 g/mol. The minimum Gasteiger partial charge on any atom is -0.466 e. The highest BCUT2D eigenvalue weighted by molar-refractivity contribution is 9.10. The third-order valence-electron chi connectivity index (χ3n) is 2.55. The lowest BCUT2D eigenvalue weighted by molar-refractivity contribution is 0.412. The van der Waals surface area contributed by atoms with Gasteiger partial charge in [-0.2, -0.15) is 0 Å². The molecule has 0 aromatic carbocycles. The van der Waals surface area contributed by atoms with Gasteiger partial charge < -0.3 is 9.73 Å². The van der Waals surface area contributed by atoms with E-state index in [0.717, 1.165) is 28.9 Å². The Hall–Kier alpha value is -1.13. The van der Waals surface area contributed by atoms with Crippen LogP contribution in [-0.4, -0.2) is 11.5 Å². The maximum absolute atomic E-state index is 5.51. The molecule has 17 heavy (non-hydrogen) atoms. The molecule has 0 aliphatic rings. The first-order valence-corrected chi connectivity index (χ1v) is 6.46. The summed E-state index contributed by atoms with van der Waals surface area (Å²) < 4.78 is 6.51. The number of nitrogens with zero attached hydrogens (tertiary/aromatic N) is 1. The summed E-state index contributed by atoms with van der Waals surface area (Å²) in [6, 6.07) is 8.02. The molecule has 0 spiro atoms. The van der Waals surface area contributed by atoms with E-state index in [1.807, 2.05) is 30.5 Å². The van der Waals surface area contributed by atoms with E-state index < -0.39 is 0 Å². The molecule has 0 fully saturated rings. The summed E-state index contributed by atoms with van der Waals surface area (Å²) in [5, 5.41) is 3.41. The Labute approximate surface area is 109 Å². The number of rotatable bonds is 5. The van der Waals surface area contributed by atoms with Gasteiger partial charge in [0.2, 0.25) is 0 Å². The van der Waals surface area contributed by atoms with Crippen LogP contribution < -0.4 is 5.32 Å². The van der Waals surface area contributed by atoms with Gasteiger partial charge in [0.05, 0.1) is 16.8 Å². The molecule has 90 valence electrons. The third-order valence-corrected chi connectivity index (χ3v) is 3.21. The van der Waals surface area contributed by atoms with Crippen LogP contribution in [0.2, 0.25) is 0 Å². The Bertz CT molecular complexity index is 455. The second-order valence-electron chi connectivity index (χ2n) is 3.77. The van der Waals surface area contributed by atoms with Crippen molar-refractivity contribution in [3.63, 3.8) is 0 Å². The highest BCUT2D eigenvalue weighted by atomic mass is 79.9. The third kappa shape index (κ3) is 3.17. The standard InChI is InChI=1S/C13H15BrN2O/c1-2-15-12(13-11(14)6-8-17-13)9-10-5-3-4-7-16-10/h3-8,12,15H,2,9H2,1H3. The van der Waals surface area contributed by atoms with Crippen molar-refractivity contribution >= 4 is 15.9 Å². The molecule has 0 saturated carbocycles. The number of hydrogen-bond acceptors (Lipinski definition) is 3. The average molecular weight is 295 g/mol. The van der Waals surface area contributed by atoms with Crippen LogP contribution in [0, 0.1) is 0 Å². The van der Waals surface area contributed by atoms with Crippen LogP contribution in [0.1, 0.15) is 24.4 Å². The van der Waals surface area contributed by atoms with E-state index in [2.05, 4.69) is 33.2 Å². The van der Waals surface area contributed by atoms with Crippen molar-refractivity contribution in [3.05, 3.63) is 52.7 Å².